The summed E-state index contributed by atoms with van der Waals surface area (Å²) in [5.41, 5.74) is 1.33. The number of thioether (sulfide) groups is 1. The molecule has 0 unspecified atom stereocenters. The smallest absolute Gasteiger partial charge is 0.221 e. The Bertz CT molecular complexity index is 730. The highest BCUT2D eigenvalue weighted by Crippen LogP contribution is 2.21. The van der Waals surface area contributed by atoms with Crippen molar-refractivity contribution in [3.8, 4) is 5.75 Å². The molecule has 0 spiro atoms. The van der Waals surface area contributed by atoms with Crippen molar-refractivity contribution >= 4 is 29.1 Å². The summed E-state index contributed by atoms with van der Waals surface area (Å²) in [5, 5.41) is 12.8. The quantitative estimate of drug-likeness (QED) is 0.558. The number of nitrogens with one attached hydrogen (secondary N) is 1. The molecule has 0 fully saturated rings. The number of ketones is 1. The lowest BCUT2D eigenvalue weighted by Gasteiger charge is -2.13. The fourth-order valence-corrected chi connectivity index (χ4v) is 2.89. The number of aliphatic hydroxyl groups is 1. The Labute approximate surface area is 151 Å². The van der Waals surface area contributed by atoms with E-state index in [0.29, 0.717) is 17.1 Å². The maximum Gasteiger partial charge on any atom is 0.221 e. The number of anilines is 1. The van der Waals surface area contributed by atoms with Crippen LogP contribution in [0.4, 0.5) is 5.69 Å². The van der Waals surface area contributed by atoms with Crippen LogP contribution >= 0.6 is 11.8 Å². The molecule has 25 heavy (non-hydrogen) atoms. The van der Waals surface area contributed by atoms with Gasteiger partial charge in [0.15, 0.2) is 5.78 Å². The number of amides is 1. The fourth-order valence-electron chi connectivity index (χ4n) is 2.08. The van der Waals surface area contributed by atoms with E-state index in [1.54, 1.807) is 24.3 Å². The van der Waals surface area contributed by atoms with E-state index in [4.69, 9.17) is 4.74 Å². The molecule has 132 valence electrons. The average Bonchev–Trinajstić information content (AvgIpc) is 2.59. The van der Waals surface area contributed by atoms with E-state index in [9.17, 15) is 14.7 Å². The highest BCUT2D eigenvalue weighted by atomic mass is 32.2. The van der Waals surface area contributed by atoms with Gasteiger partial charge in [-0.05, 0) is 43.3 Å². The molecule has 0 saturated heterocycles. The number of hydrogen-bond donors (Lipinski definition) is 2. The number of benzene rings is 2. The van der Waals surface area contributed by atoms with Gasteiger partial charge in [0.05, 0.1) is 6.10 Å². The maximum absolute atomic E-state index is 11.3. The lowest BCUT2D eigenvalue weighted by molar-refractivity contribution is -0.114. The van der Waals surface area contributed by atoms with E-state index in [1.807, 2.05) is 24.3 Å². The van der Waals surface area contributed by atoms with Crippen molar-refractivity contribution < 1.29 is 19.4 Å². The Morgan fingerprint density at radius 1 is 1.16 bits per heavy atom. The van der Waals surface area contributed by atoms with E-state index < -0.39 is 6.10 Å². The second-order valence-electron chi connectivity index (χ2n) is 5.57. The largest absolute Gasteiger partial charge is 0.491 e. The molecule has 0 aromatic heterocycles. The second kappa shape index (κ2) is 9.25. The SMILES string of the molecule is CC(=O)Nc1ccc(SC[C@H](O)COc2cccc(C(C)=O)c2)cc1. The molecule has 0 aliphatic rings. The number of aliphatic hydroxyl groups excluding tert-OH is 1. The van der Waals surface area contributed by atoms with Crippen molar-refractivity contribution in [3.05, 3.63) is 54.1 Å². The van der Waals surface area contributed by atoms with Gasteiger partial charge in [-0.1, -0.05) is 12.1 Å². The van der Waals surface area contributed by atoms with Crippen LogP contribution in [0.2, 0.25) is 0 Å². The van der Waals surface area contributed by atoms with Gasteiger partial charge in [0.1, 0.15) is 12.4 Å². The third-order valence-corrected chi connectivity index (χ3v) is 4.46. The highest BCUT2D eigenvalue weighted by Gasteiger charge is 2.08. The van der Waals surface area contributed by atoms with Crippen LogP contribution in [0.25, 0.3) is 0 Å². The molecule has 2 aromatic rings. The Hall–Kier alpha value is -2.31. The van der Waals surface area contributed by atoms with Gasteiger partial charge in [0, 0.05) is 28.8 Å². The van der Waals surface area contributed by atoms with E-state index in [2.05, 4.69) is 5.32 Å². The molecule has 0 bridgehead atoms. The zero-order valence-electron chi connectivity index (χ0n) is 14.2. The van der Waals surface area contributed by atoms with Crippen molar-refractivity contribution in [2.75, 3.05) is 17.7 Å². The summed E-state index contributed by atoms with van der Waals surface area (Å²) < 4.78 is 5.55. The predicted octanol–water partition coefficient (Wildman–Crippen LogP) is 3.38. The summed E-state index contributed by atoms with van der Waals surface area (Å²) in [6.07, 6.45) is -0.638. The number of carbonyl (C=O) groups is 2. The minimum Gasteiger partial charge on any atom is -0.491 e. The molecule has 2 rings (SSSR count). The van der Waals surface area contributed by atoms with Crippen LogP contribution in [0.5, 0.6) is 5.75 Å². The van der Waals surface area contributed by atoms with E-state index in [0.717, 1.165) is 10.6 Å². The summed E-state index contributed by atoms with van der Waals surface area (Å²) >= 11 is 1.50. The van der Waals surface area contributed by atoms with E-state index >= 15 is 0 Å². The highest BCUT2D eigenvalue weighted by molar-refractivity contribution is 7.99. The minimum atomic E-state index is -0.638. The summed E-state index contributed by atoms with van der Waals surface area (Å²) in [5.74, 6) is 0.911. The molecule has 2 N–H and O–H groups in total. The normalized spacial score (nSPS) is 11.6. The zero-order chi connectivity index (χ0) is 18.2. The van der Waals surface area contributed by atoms with Gasteiger partial charge in [-0.15, -0.1) is 11.8 Å². The monoisotopic (exact) mass is 359 g/mol. The summed E-state index contributed by atoms with van der Waals surface area (Å²) in [7, 11) is 0. The lowest BCUT2D eigenvalue weighted by atomic mass is 10.1. The molecule has 0 radical (unpaired) electrons. The maximum atomic E-state index is 11.3. The summed E-state index contributed by atoms with van der Waals surface area (Å²) in [6.45, 7) is 3.12. The molecule has 0 aliphatic heterocycles. The van der Waals surface area contributed by atoms with Crippen molar-refractivity contribution in [3.63, 3.8) is 0 Å². The van der Waals surface area contributed by atoms with Crippen molar-refractivity contribution in [2.45, 2.75) is 24.8 Å². The molecule has 0 heterocycles. The lowest BCUT2D eigenvalue weighted by Crippen LogP contribution is -2.20. The van der Waals surface area contributed by atoms with E-state index in [-0.39, 0.29) is 18.3 Å². The number of carbonyl (C=O) groups excluding carboxylic acids is 2. The predicted molar refractivity (Wildman–Crippen MR) is 99.4 cm³/mol. The summed E-state index contributed by atoms with van der Waals surface area (Å²) in [6, 6.07) is 14.3. The first-order chi connectivity index (χ1) is 11.9. The van der Waals surface area contributed by atoms with Crippen LogP contribution in [0.15, 0.2) is 53.4 Å². The Morgan fingerprint density at radius 3 is 2.52 bits per heavy atom. The van der Waals surface area contributed by atoms with Crippen molar-refractivity contribution in [1.82, 2.24) is 0 Å². The van der Waals surface area contributed by atoms with Crippen molar-refractivity contribution in [2.24, 2.45) is 0 Å². The van der Waals surface area contributed by atoms with Gasteiger partial charge in [0.25, 0.3) is 0 Å². The molecule has 5 nitrogen and oxygen atoms in total. The molecule has 0 saturated carbocycles. The molecular weight excluding hydrogens is 338 g/mol. The number of rotatable bonds is 8. The van der Waals surface area contributed by atoms with E-state index in [1.165, 1.54) is 25.6 Å². The van der Waals surface area contributed by atoms with Gasteiger partial charge >= 0.3 is 0 Å². The van der Waals surface area contributed by atoms with Crippen LogP contribution < -0.4 is 10.1 Å². The topological polar surface area (TPSA) is 75.6 Å². The third kappa shape index (κ3) is 6.60. The van der Waals surface area contributed by atoms with Crippen LogP contribution in [0.3, 0.4) is 0 Å². The van der Waals surface area contributed by atoms with Gasteiger partial charge < -0.3 is 15.2 Å². The second-order valence-corrected chi connectivity index (χ2v) is 6.66. The van der Waals surface area contributed by atoms with Crippen molar-refractivity contribution in [1.29, 1.82) is 0 Å². The fraction of sp³-hybridized carbons (Fsp3) is 0.263. The number of hydrogen-bond acceptors (Lipinski definition) is 5. The minimum absolute atomic E-state index is 0.0238. The molecule has 1 amide bonds. The molecule has 6 heteroatoms. The van der Waals surface area contributed by atoms with Gasteiger partial charge in [0.2, 0.25) is 5.91 Å². The van der Waals surface area contributed by atoms with Crippen LogP contribution in [-0.2, 0) is 4.79 Å². The standard InChI is InChI=1S/C19H21NO4S/c1-13(21)15-4-3-5-18(10-15)24-11-17(23)12-25-19-8-6-16(7-9-19)20-14(2)22/h3-10,17,23H,11-12H2,1-2H3,(H,20,22)/t17-/m1/s1. The first-order valence-corrected chi connectivity index (χ1v) is 8.85. The Balaban J connectivity index is 1.78. The van der Waals surface area contributed by atoms with Crippen LogP contribution in [-0.4, -0.2) is 35.3 Å². The molecular formula is C19H21NO4S. The summed E-state index contributed by atoms with van der Waals surface area (Å²) in [4.78, 5) is 23.3. The Kier molecular flexibility index (Phi) is 7.03. The van der Waals surface area contributed by atoms with Crippen LogP contribution in [0.1, 0.15) is 24.2 Å². The molecule has 0 aliphatic carbocycles. The number of Topliss-reactive ketones (excluding diaryl/α,β-unsaturated/α-hetero) is 1. The first-order valence-electron chi connectivity index (χ1n) is 7.86. The van der Waals surface area contributed by atoms with Gasteiger partial charge in [-0.2, -0.15) is 0 Å². The number of ether oxygens (including phenoxy) is 1. The average molecular weight is 359 g/mol. The van der Waals surface area contributed by atoms with Crippen LogP contribution in [0, 0.1) is 0 Å². The van der Waals surface area contributed by atoms with Gasteiger partial charge in [-0.25, -0.2) is 0 Å². The zero-order valence-corrected chi connectivity index (χ0v) is 15.0. The first kappa shape index (κ1) is 19.0. The molecule has 2 aromatic carbocycles. The van der Waals surface area contributed by atoms with Gasteiger partial charge in [-0.3, -0.25) is 9.59 Å². The molecule has 1 atom stereocenters. The third-order valence-electron chi connectivity index (χ3n) is 3.30. The Morgan fingerprint density at radius 2 is 1.88 bits per heavy atom.